The Morgan fingerprint density at radius 3 is 2.52 bits per heavy atom. The number of nitrogens with zero attached hydrogens (tertiary/aromatic N) is 3. The molecule has 4 rings (SSSR count). The molecule has 4 aromatic rings. The first-order valence-corrected chi connectivity index (χ1v) is 9.32. The number of carbonyl (C=O) groups is 1. The lowest BCUT2D eigenvalue weighted by molar-refractivity contribution is 0.0780. The van der Waals surface area contributed by atoms with Crippen LogP contribution in [0.4, 0.5) is 11.6 Å². The van der Waals surface area contributed by atoms with Crippen LogP contribution in [-0.2, 0) is 6.54 Å². The molecule has 0 saturated carbocycles. The van der Waals surface area contributed by atoms with Gasteiger partial charge in [-0.15, -0.1) is 0 Å². The Morgan fingerprint density at radius 2 is 1.76 bits per heavy atom. The molecule has 0 aliphatic rings. The quantitative estimate of drug-likeness (QED) is 0.515. The molecular weight excluding hydrogens is 362 g/mol. The molecule has 1 amide bonds. The molecular formula is C23H21N5O. The highest BCUT2D eigenvalue weighted by Gasteiger charge is 2.15. The second kappa shape index (κ2) is 8.39. The lowest BCUT2D eigenvalue weighted by atomic mass is 10.2. The summed E-state index contributed by atoms with van der Waals surface area (Å²) >= 11 is 0. The van der Waals surface area contributed by atoms with Gasteiger partial charge in [0.15, 0.2) is 0 Å². The van der Waals surface area contributed by atoms with Gasteiger partial charge in [-0.2, -0.15) is 0 Å². The first kappa shape index (κ1) is 18.4. The highest BCUT2D eigenvalue weighted by molar-refractivity contribution is 5.93. The number of anilines is 2. The fourth-order valence-electron chi connectivity index (χ4n) is 3.03. The predicted octanol–water partition coefficient (Wildman–Crippen LogP) is 4.49. The van der Waals surface area contributed by atoms with E-state index in [1.54, 1.807) is 24.3 Å². The SMILES string of the molecule is CN(Cc1ccccc1)C(=O)c1cc(-c2ccnc(Nc3ccccc3)n2)c[nH]1. The van der Waals surface area contributed by atoms with E-state index in [-0.39, 0.29) is 5.91 Å². The monoisotopic (exact) mass is 383 g/mol. The van der Waals surface area contributed by atoms with Gasteiger partial charge in [0.05, 0.1) is 5.69 Å². The van der Waals surface area contributed by atoms with E-state index in [1.807, 2.05) is 72.8 Å². The van der Waals surface area contributed by atoms with Crippen molar-refractivity contribution in [2.24, 2.45) is 0 Å². The molecule has 2 aromatic carbocycles. The van der Waals surface area contributed by atoms with Crippen molar-refractivity contribution in [1.82, 2.24) is 19.9 Å². The van der Waals surface area contributed by atoms with Crippen molar-refractivity contribution in [1.29, 1.82) is 0 Å². The van der Waals surface area contributed by atoms with Gasteiger partial charge in [-0.25, -0.2) is 9.97 Å². The van der Waals surface area contributed by atoms with Crippen LogP contribution in [0.3, 0.4) is 0 Å². The van der Waals surface area contributed by atoms with Crippen molar-refractivity contribution in [2.45, 2.75) is 6.54 Å². The van der Waals surface area contributed by atoms with E-state index in [9.17, 15) is 4.79 Å². The molecule has 0 radical (unpaired) electrons. The van der Waals surface area contributed by atoms with E-state index in [0.29, 0.717) is 18.2 Å². The maximum atomic E-state index is 12.8. The minimum absolute atomic E-state index is 0.0724. The first-order valence-electron chi connectivity index (χ1n) is 9.32. The number of rotatable bonds is 6. The molecule has 0 aliphatic heterocycles. The Bertz CT molecular complexity index is 1090. The number of aromatic amines is 1. The van der Waals surface area contributed by atoms with Crippen LogP contribution in [0.25, 0.3) is 11.3 Å². The van der Waals surface area contributed by atoms with Crippen LogP contribution in [-0.4, -0.2) is 32.8 Å². The zero-order valence-corrected chi connectivity index (χ0v) is 16.0. The Hall–Kier alpha value is -3.93. The summed E-state index contributed by atoms with van der Waals surface area (Å²) in [6, 6.07) is 23.3. The van der Waals surface area contributed by atoms with E-state index < -0.39 is 0 Å². The summed E-state index contributed by atoms with van der Waals surface area (Å²) in [5.41, 5.74) is 4.09. The second-order valence-corrected chi connectivity index (χ2v) is 6.71. The van der Waals surface area contributed by atoms with Gasteiger partial charge in [0.1, 0.15) is 5.69 Å². The van der Waals surface area contributed by atoms with Gasteiger partial charge < -0.3 is 15.2 Å². The van der Waals surface area contributed by atoms with E-state index in [1.165, 1.54) is 0 Å². The van der Waals surface area contributed by atoms with Crippen LogP contribution in [0.15, 0.2) is 85.2 Å². The van der Waals surface area contributed by atoms with Crippen LogP contribution in [0, 0.1) is 0 Å². The van der Waals surface area contributed by atoms with E-state index in [2.05, 4.69) is 20.3 Å². The highest BCUT2D eigenvalue weighted by Crippen LogP contribution is 2.21. The van der Waals surface area contributed by atoms with Gasteiger partial charge in [-0.05, 0) is 29.8 Å². The summed E-state index contributed by atoms with van der Waals surface area (Å²) < 4.78 is 0. The maximum absolute atomic E-state index is 12.8. The summed E-state index contributed by atoms with van der Waals surface area (Å²) in [7, 11) is 1.79. The van der Waals surface area contributed by atoms with Crippen molar-refractivity contribution in [2.75, 3.05) is 12.4 Å². The Kier molecular flexibility index (Phi) is 5.33. The zero-order valence-electron chi connectivity index (χ0n) is 16.0. The van der Waals surface area contributed by atoms with Gasteiger partial charge in [0, 0.05) is 37.2 Å². The molecule has 2 heterocycles. The fourth-order valence-corrected chi connectivity index (χ4v) is 3.03. The highest BCUT2D eigenvalue weighted by atomic mass is 16.2. The van der Waals surface area contributed by atoms with Gasteiger partial charge in [0.25, 0.3) is 5.91 Å². The van der Waals surface area contributed by atoms with Crippen molar-refractivity contribution < 1.29 is 4.79 Å². The van der Waals surface area contributed by atoms with E-state index in [4.69, 9.17) is 0 Å². The smallest absolute Gasteiger partial charge is 0.270 e. The molecule has 6 nitrogen and oxygen atoms in total. The van der Waals surface area contributed by atoms with Gasteiger partial charge in [-0.1, -0.05) is 48.5 Å². The van der Waals surface area contributed by atoms with Crippen LogP contribution >= 0.6 is 0 Å². The van der Waals surface area contributed by atoms with Crippen molar-refractivity contribution in [3.8, 4) is 11.3 Å². The lowest BCUT2D eigenvalue weighted by Crippen LogP contribution is -2.26. The number of hydrogen-bond donors (Lipinski definition) is 2. The van der Waals surface area contributed by atoms with Crippen molar-refractivity contribution >= 4 is 17.5 Å². The Balaban J connectivity index is 1.48. The molecule has 0 bridgehead atoms. The molecule has 6 heteroatoms. The summed E-state index contributed by atoms with van der Waals surface area (Å²) in [5.74, 6) is 0.431. The number of nitrogens with one attached hydrogen (secondary N) is 2. The summed E-state index contributed by atoms with van der Waals surface area (Å²) in [4.78, 5) is 26.3. The average Bonchev–Trinajstić information content (AvgIpc) is 3.25. The van der Waals surface area contributed by atoms with Crippen LogP contribution in [0.1, 0.15) is 16.1 Å². The zero-order chi connectivity index (χ0) is 20.1. The lowest BCUT2D eigenvalue weighted by Gasteiger charge is -2.16. The molecule has 144 valence electrons. The average molecular weight is 383 g/mol. The molecule has 0 atom stereocenters. The second-order valence-electron chi connectivity index (χ2n) is 6.71. The number of benzene rings is 2. The molecule has 0 saturated heterocycles. The molecule has 0 fully saturated rings. The van der Waals surface area contributed by atoms with Gasteiger partial charge in [0.2, 0.25) is 5.95 Å². The largest absolute Gasteiger partial charge is 0.357 e. The van der Waals surface area contributed by atoms with E-state index >= 15 is 0 Å². The minimum Gasteiger partial charge on any atom is -0.357 e. The third-order valence-corrected chi connectivity index (χ3v) is 4.50. The minimum atomic E-state index is -0.0724. The topological polar surface area (TPSA) is 73.9 Å². The normalized spacial score (nSPS) is 10.5. The van der Waals surface area contributed by atoms with E-state index in [0.717, 1.165) is 22.5 Å². The molecule has 0 unspecified atom stereocenters. The number of hydrogen-bond acceptors (Lipinski definition) is 4. The molecule has 2 N–H and O–H groups in total. The maximum Gasteiger partial charge on any atom is 0.270 e. The Labute approximate surface area is 169 Å². The fraction of sp³-hybridized carbons (Fsp3) is 0.0870. The Morgan fingerprint density at radius 1 is 1.03 bits per heavy atom. The summed E-state index contributed by atoms with van der Waals surface area (Å²) in [5, 5.41) is 3.18. The van der Waals surface area contributed by atoms with Crippen molar-refractivity contribution in [3.63, 3.8) is 0 Å². The van der Waals surface area contributed by atoms with Gasteiger partial charge in [-0.3, -0.25) is 4.79 Å². The van der Waals surface area contributed by atoms with Crippen molar-refractivity contribution in [3.05, 3.63) is 96.4 Å². The summed E-state index contributed by atoms with van der Waals surface area (Å²) in [6.45, 7) is 0.548. The summed E-state index contributed by atoms with van der Waals surface area (Å²) in [6.07, 6.45) is 3.49. The predicted molar refractivity (Wildman–Crippen MR) is 114 cm³/mol. The number of H-pyrrole nitrogens is 1. The number of amides is 1. The van der Waals surface area contributed by atoms with Gasteiger partial charge >= 0.3 is 0 Å². The molecule has 2 aromatic heterocycles. The number of carbonyl (C=O) groups excluding carboxylic acids is 1. The van der Waals surface area contributed by atoms with Crippen LogP contribution in [0.5, 0.6) is 0 Å². The van der Waals surface area contributed by atoms with Crippen LogP contribution < -0.4 is 5.32 Å². The standard InChI is InChI=1S/C23H21N5O/c1-28(16-17-8-4-2-5-9-17)22(29)21-14-18(15-25-21)20-12-13-24-23(27-20)26-19-10-6-3-7-11-19/h2-15,25H,16H2,1H3,(H,24,26,27). The first-order chi connectivity index (χ1) is 14.2. The molecule has 0 aliphatic carbocycles. The van der Waals surface area contributed by atoms with Crippen LogP contribution in [0.2, 0.25) is 0 Å². The third-order valence-electron chi connectivity index (χ3n) is 4.50. The molecule has 0 spiro atoms. The number of para-hydroxylation sites is 1. The number of aromatic nitrogens is 3. The third kappa shape index (κ3) is 4.50. The molecule has 29 heavy (non-hydrogen) atoms.